The minimum Gasteiger partial charge on any atom is -0.328 e. The third-order valence-corrected chi connectivity index (χ3v) is 4.07. The van der Waals surface area contributed by atoms with Crippen LogP contribution in [0.3, 0.4) is 0 Å². The maximum atomic E-state index is 5.82. The van der Waals surface area contributed by atoms with Crippen molar-refractivity contribution in [1.82, 2.24) is 9.55 Å². The lowest BCUT2D eigenvalue weighted by molar-refractivity contribution is 0.587. The van der Waals surface area contributed by atoms with Gasteiger partial charge in [0.15, 0.2) is 0 Å². The van der Waals surface area contributed by atoms with Gasteiger partial charge in [-0.3, -0.25) is 0 Å². The zero-order valence-corrected chi connectivity index (χ0v) is 10.8. The average Bonchev–Trinajstić information content (AvgIpc) is 2.79. The SMILES string of the molecule is Cc1nccn1C(CN)c1ccc(Br)s1. The average molecular weight is 286 g/mol. The fourth-order valence-electron chi connectivity index (χ4n) is 1.59. The van der Waals surface area contributed by atoms with Crippen LogP contribution in [-0.4, -0.2) is 16.1 Å². The normalized spacial score (nSPS) is 13.0. The van der Waals surface area contributed by atoms with Crippen LogP contribution in [0.25, 0.3) is 0 Å². The lowest BCUT2D eigenvalue weighted by Gasteiger charge is -2.16. The van der Waals surface area contributed by atoms with Gasteiger partial charge in [-0.1, -0.05) is 0 Å². The van der Waals surface area contributed by atoms with E-state index in [9.17, 15) is 0 Å². The van der Waals surface area contributed by atoms with E-state index in [1.807, 2.05) is 13.1 Å². The van der Waals surface area contributed by atoms with Gasteiger partial charge < -0.3 is 10.3 Å². The number of aryl methyl sites for hydroxylation is 1. The monoisotopic (exact) mass is 285 g/mol. The van der Waals surface area contributed by atoms with Crippen molar-refractivity contribution in [2.24, 2.45) is 5.73 Å². The second-order valence-corrected chi connectivity index (χ2v) is 5.77. The minimum atomic E-state index is 0.198. The molecule has 5 heteroatoms. The molecule has 0 aliphatic carbocycles. The maximum Gasteiger partial charge on any atom is 0.106 e. The van der Waals surface area contributed by atoms with Crippen LogP contribution in [0.5, 0.6) is 0 Å². The summed E-state index contributed by atoms with van der Waals surface area (Å²) in [6.07, 6.45) is 3.78. The Morgan fingerprint density at radius 2 is 2.40 bits per heavy atom. The van der Waals surface area contributed by atoms with Crippen LogP contribution >= 0.6 is 27.3 Å². The highest BCUT2D eigenvalue weighted by Crippen LogP contribution is 2.29. The molecule has 0 aliphatic heterocycles. The number of hydrogen-bond donors (Lipinski definition) is 1. The van der Waals surface area contributed by atoms with Gasteiger partial charge in [0.05, 0.1) is 9.83 Å². The summed E-state index contributed by atoms with van der Waals surface area (Å²) < 4.78 is 3.24. The molecule has 0 radical (unpaired) electrons. The second-order valence-electron chi connectivity index (χ2n) is 3.28. The molecule has 3 nitrogen and oxygen atoms in total. The van der Waals surface area contributed by atoms with Crippen LogP contribution in [-0.2, 0) is 0 Å². The highest BCUT2D eigenvalue weighted by atomic mass is 79.9. The summed E-state index contributed by atoms with van der Waals surface area (Å²) in [5, 5.41) is 0. The fourth-order valence-corrected chi connectivity index (χ4v) is 3.13. The highest BCUT2D eigenvalue weighted by Gasteiger charge is 2.15. The van der Waals surface area contributed by atoms with E-state index < -0.39 is 0 Å². The van der Waals surface area contributed by atoms with Crippen molar-refractivity contribution in [1.29, 1.82) is 0 Å². The third-order valence-electron chi connectivity index (χ3n) is 2.34. The molecule has 0 amide bonds. The Balaban J connectivity index is 2.36. The van der Waals surface area contributed by atoms with E-state index in [0.29, 0.717) is 6.54 Å². The van der Waals surface area contributed by atoms with Crippen LogP contribution < -0.4 is 5.73 Å². The molecule has 2 aromatic heterocycles. The van der Waals surface area contributed by atoms with Crippen molar-refractivity contribution in [3.05, 3.63) is 39.0 Å². The molecule has 0 spiro atoms. The summed E-state index contributed by atoms with van der Waals surface area (Å²) in [5.74, 6) is 0.995. The van der Waals surface area contributed by atoms with Gasteiger partial charge in [-0.2, -0.15) is 0 Å². The summed E-state index contributed by atoms with van der Waals surface area (Å²) in [7, 11) is 0. The van der Waals surface area contributed by atoms with Gasteiger partial charge in [-0.05, 0) is 35.0 Å². The summed E-state index contributed by atoms with van der Waals surface area (Å²) in [6, 6.07) is 4.35. The highest BCUT2D eigenvalue weighted by molar-refractivity contribution is 9.11. The van der Waals surface area contributed by atoms with Crippen molar-refractivity contribution in [3.63, 3.8) is 0 Å². The molecule has 80 valence electrons. The van der Waals surface area contributed by atoms with E-state index in [1.54, 1.807) is 17.5 Å². The van der Waals surface area contributed by atoms with Gasteiger partial charge in [0.2, 0.25) is 0 Å². The molecule has 15 heavy (non-hydrogen) atoms. The third kappa shape index (κ3) is 2.14. The quantitative estimate of drug-likeness (QED) is 0.942. The number of hydrogen-bond acceptors (Lipinski definition) is 3. The number of aromatic nitrogens is 2. The molecule has 2 N–H and O–H groups in total. The number of nitrogens with two attached hydrogens (primary N) is 1. The molecule has 2 heterocycles. The second kappa shape index (κ2) is 4.47. The first kappa shape index (κ1) is 10.9. The molecular formula is C10H12BrN3S. The number of nitrogens with zero attached hydrogens (tertiary/aromatic N) is 2. The van der Waals surface area contributed by atoms with E-state index in [2.05, 4.69) is 37.6 Å². The first-order valence-electron chi connectivity index (χ1n) is 4.67. The molecule has 0 aromatic carbocycles. The van der Waals surface area contributed by atoms with Crippen LogP contribution in [0.15, 0.2) is 28.3 Å². The number of rotatable bonds is 3. The largest absolute Gasteiger partial charge is 0.328 e. The van der Waals surface area contributed by atoms with E-state index >= 15 is 0 Å². The van der Waals surface area contributed by atoms with Crippen LogP contribution in [0.1, 0.15) is 16.7 Å². The van der Waals surface area contributed by atoms with Crippen molar-refractivity contribution in [2.75, 3.05) is 6.54 Å². The summed E-state index contributed by atoms with van der Waals surface area (Å²) in [5.41, 5.74) is 5.82. The van der Waals surface area contributed by atoms with Crippen molar-refractivity contribution < 1.29 is 0 Å². The number of imidazole rings is 1. The Labute approximate surface area is 101 Å². The predicted molar refractivity (Wildman–Crippen MR) is 66.2 cm³/mol. The van der Waals surface area contributed by atoms with E-state index in [0.717, 1.165) is 9.61 Å². The summed E-state index contributed by atoms with van der Waals surface area (Å²) >= 11 is 5.18. The van der Waals surface area contributed by atoms with E-state index in [-0.39, 0.29) is 6.04 Å². The van der Waals surface area contributed by atoms with Crippen LogP contribution in [0, 0.1) is 6.92 Å². The van der Waals surface area contributed by atoms with E-state index in [1.165, 1.54) is 4.88 Å². The molecule has 2 rings (SSSR count). The Kier molecular flexibility index (Phi) is 3.23. The van der Waals surface area contributed by atoms with Gasteiger partial charge in [-0.25, -0.2) is 4.98 Å². The molecule has 1 atom stereocenters. The van der Waals surface area contributed by atoms with Gasteiger partial charge in [-0.15, -0.1) is 11.3 Å². The molecule has 0 saturated carbocycles. The first-order valence-corrected chi connectivity index (χ1v) is 6.28. The summed E-state index contributed by atoms with van der Waals surface area (Å²) in [6.45, 7) is 2.58. The van der Waals surface area contributed by atoms with Gasteiger partial charge in [0.25, 0.3) is 0 Å². The standard InChI is InChI=1S/C10H12BrN3S/c1-7-13-4-5-14(7)8(6-12)9-2-3-10(11)15-9/h2-5,8H,6,12H2,1H3. The maximum absolute atomic E-state index is 5.82. The minimum absolute atomic E-state index is 0.198. The van der Waals surface area contributed by atoms with Gasteiger partial charge in [0.1, 0.15) is 5.82 Å². The van der Waals surface area contributed by atoms with Crippen LogP contribution in [0.2, 0.25) is 0 Å². The molecule has 0 saturated heterocycles. The zero-order chi connectivity index (χ0) is 10.8. The van der Waals surface area contributed by atoms with Gasteiger partial charge in [0, 0.05) is 23.8 Å². The first-order chi connectivity index (χ1) is 7.22. The molecule has 0 aliphatic rings. The topological polar surface area (TPSA) is 43.8 Å². The molecular weight excluding hydrogens is 274 g/mol. The van der Waals surface area contributed by atoms with Crippen molar-refractivity contribution in [3.8, 4) is 0 Å². The number of halogens is 1. The lowest BCUT2D eigenvalue weighted by Crippen LogP contribution is -2.19. The van der Waals surface area contributed by atoms with Gasteiger partial charge >= 0.3 is 0 Å². The lowest BCUT2D eigenvalue weighted by atomic mass is 10.2. The predicted octanol–water partition coefficient (Wildman–Crippen LogP) is 2.56. The van der Waals surface area contributed by atoms with Crippen molar-refractivity contribution in [2.45, 2.75) is 13.0 Å². The molecule has 1 unspecified atom stereocenters. The van der Waals surface area contributed by atoms with Crippen molar-refractivity contribution >= 4 is 27.3 Å². The fraction of sp³-hybridized carbons (Fsp3) is 0.300. The Hall–Kier alpha value is -0.650. The molecule has 0 fully saturated rings. The van der Waals surface area contributed by atoms with Crippen LogP contribution in [0.4, 0.5) is 0 Å². The Morgan fingerprint density at radius 1 is 1.60 bits per heavy atom. The Bertz CT molecular complexity index is 449. The van der Waals surface area contributed by atoms with E-state index in [4.69, 9.17) is 5.73 Å². The Morgan fingerprint density at radius 3 is 2.87 bits per heavy atom. The zero-order valence-electron chi connectivity index (χ0n) is 8.35. The molecule has 2 aromatic rings. The smallest absolute Gasteiger partial charge is 0.106 e. The molecule has 0 bridgehead atoms. The summed E-state index contributed by atoms with van der Waals surface area (Å²) in [4.78, 5) is 5.47. The number of thiophene rings is 1.